The molecule has 0 aliphatic carbocycles. The van der Waals surface area contributed by atoms with Crippen LogP contribution < -0.4 is 10.2 Å². The first-order valence-corrected chi connectivity index (χ1v) is 10.7. The number of carbonyl (C=O) groups is 3. The number of nitrogens with one attached hydrogen (secondary N) is 1. The summed E-state index contributed by atoms with van der Waals surface area (Å²) in [6, 6.07) is 13.5. The van der Waals surface area contributed by atoms with Crippen LogP contribution >= 0.6 is 0 Å². The Morgan fingerprint density at radius 1 is 1.19 bits per heavy atom. The summed E-state index contributed by atoms with van der Waals surface area (Å²) in [5, 5.41) is 2.76. The topological polar surface area (TPSA) is 75.7 Å². The summed E-state index contributed by atoms with van der Waals surface area (Å²) in [5.41, 5.74) is 4.68. The van der Waals surface area contributed by atoms with E-state index in [4.69, 9.17) is 4.74 Å². The van der Waals surface area contributed by atoms with Gasteiger partial charge in [-0.1, -0.05) is 49.7 Å². The molecule has 2 aromatic carbocycles. The van der Waals surface area contributed by atoms with E-state index in [1.165, 1.54) is 0 Å². The molecule has 0 spiro atoms. The molecule has 1 N–H and O–H groups in total. The lowest BCUT2D eigenvalue weighted by Gasteiger charge is -2.23. The van der Waals surface area contributed by atoms with E-state index < -0.39 is 17.8 Å². The summed E-state index contributed by atoms with van der Waals surface area (Å²) in [6.07, 6.45) is 1.05. The first-order valence-electron chi connectivity index (χ1n) is 10.7. The van der Waals surface area contributed by atoms with Crippen LogP contribution in [0.2, 0.25) is 0 Å². The van der Waals surface area contributed by atoms with Gasteiger partial charge in [-0.15, -0.1) is 0 Å². The number of hydrogen-bond acceptors (Lipinski definition) is 4. The number of benzene rings is 2. The number of hydrogen-bond donors (Lipinski definition) is 1. The van der Waals surface area contributed by atoms with Crippen molar-refractivity contribution in [3.63, 3.8) is 0 Å². The molecule has 0 unspecified atom stereocenters. The van der Waals surface area contributed by atoms with Crippen molar-refractivity contribution >= 4 is 29.2 Å². The van der Waals surface area contributed by atoms with Gasteiger partial charge in [0.05, 0.1) is 5.92 Å². The highest BCUT2D eigenvalue weighted by Gasteiger charge is 2.37. The summed E-state index contributed by atoms with van der Waals surface area (Å²) < 4.78 is 5.23. The Morgan fingerprint density at radius 2 is 1.94 bits per heavy atom. The zero-order valence-corrected chi connectivity index (χ0v) is 18.6. The van der Waals surface area contributed by atoms with Crippen LogP contribution in [0.15, 0.2) is 42.5 Å². The van der Waals surface area contributed by atoms with Crippen molar-refractivity contribution in [3.8, 4) is 0 Å². The van der Waals surface area contributed by atoms with Crippen molar-refractivity contribution in [2.45, 2.75) is 46.5 Å². The van der Waals surface area contributed by atoms with Gasteiger partial charge in [0.1, 0.15) is 0 Å². The lowest BCUT2D eigenvalue weighted by Crippen LogP contribution is -2.29. The summed E-state index contributed by atoms with van der Waals surface area (Å²) in [4.78, 5) is 39.0. The molecular weight excluding hydrogens is 392 g/mol. The molecule has 1 aliphatic rings. The van der Waals surface area contributed by atoms with Gasteiger partial charge in [0.2, 0.25) is 5.91 Å². The Kier molecular flexibility index (Phi) is 7.10. The molecule has 6 nitrogen and oxygen atoms in total. The number of nitrogens with zero attached hydrogens (tertiary/aromatic N) is 1. The third-order valence-corrected chi connectivity index (χ3v) is 5.83. The maximum absolute atomic E-state index is 12.6. The molecule has 0 saturated carbocycles. The highest BCUT2D eigenvalue weighted by atomic mass is 16.5. The summed E-state index contributed by atoms with van der Waals surface area (Å²) >= 11 is 0. The fourth-order valence-electron chi connectivity index (χ4n) is 3.86. The Hall–Kier alpha value is -3.15. The highest BCUT2D eigenvalue weighted by Crippen LogP contribution is 2.33. The average Bonchev–Trinajstić information content (AvgIpc) is 3.15. The van der Waals surface area contributed by atoms with Crippen molar-refractivity contribution in [1.82, 2.24) is 0 Å². The van der Waals surface area contributed by atoms with Gasteiger partial charge < -0.3 is 15.0 Å². The second-order valence-electron chi connectivity index (χ2n) is 8.25. The summed E-state index contributed by atoms with van der Waals surface area (Å²) in [7, 11) is 0. The normalized spacial score (nSPS) is 16.8. The largest absolute Gasteiger partial charge is 0.455 e. The van der Waals surface area contributed by atoms with E-state index in [-0.39, 0.29) is 25.5 Å². The lowest BCUT2D eigenvalue weighted by atomic mass is 9.96. The zero-order chi connectivity index (χ0) is 22.5. The summed E-state index contributed by atoms with van der Waals surface area (Å²) in [6.45, 7) is 8.01. The zero-order valence-electron chi connectivity index (χ0n) is 18.6. The molecule has 0 aromatic heterocycles. The van der Waals surface area contributed by atoms with Crippen molar-refractivity contribution in [2.24, 2.45) is 5.92 Å². The van der Waals surface area contributed by atoms with Gasteiger partial charge >= 0.3 is 5.97 Å². The first kappa shape index (κ1) is 22.5. The third-order valence-electron chi connectivity index (χ3n) is 5.83. The quantitative estimate of drug-likeness (QED) is 0.673. The van der Waals surface area contributed by atoms with Crippen molar-refractivity contribution < 1.29 is 19.1 Å². The molecule has 2 atom stereocenters. The number of esters is 1. The SMILES string of the molecule is CC[C@@H](C)c1ccccc1N1C[C@H](C(=O)OCC(=O)Nc2ccc(C)cc2C)CC1=O. The smallest absolute Gasteiger partial charge is 0.311 e. The monoisotopic (exact) mass is 422 g/mol. The summed E-state index contributed by atoms with van der Waals surface area (Å²) in [5.74, 6) is -1.29. The van der Waals surface area contributed by atoms with E-state index in [1.807, 2.05) is 56.3 Å². The van der Waals surface area contributed by atoms with Gasteiger partial charge in [0, 0.05) is 24.3 Å². The standard InChI is InChI=1S/C25H30N2O4/c1-5-17(3)20-8-6-7-9-22(20)27-14-19(13-24(27)29)25(30)31-15-23(28)26-21-11-10-16(2)12-18(21)4/h6-12,17,19H,5,13-15H2,1-4H3,(H,26,28)/t17-,19-/m1/s1. The van der Waals surface area contributed by atoms with Crippen LogP contribution in [0.25, 0.3) is 0 Å². The number of anilines is 2. The number of ether oxygens (including phenoxy) is 1. The number of rotatable bonds is 7. The van der Waals surface area contributed by atoms with Crippen LogP contribution in [-0.2, 0) is 19.1 Å². The first-order chi connectivity index (χ1) is 14.8. The maximum atomic E-state index is 12.6. The van der Waals surface area contributed by atoms with E-state index in [0.717, 1.165) is 28.8 Å². The van der Waals surface area contributed by atoms with Gasteiger partial charge in [0.25, 0.3) is 5.91 Å². The molecule has 0 radical (unpaired) electrons. The molecule has 2 amide bonds. The Bertz CT molecular complexity index is 985. The van der Waals surface area contributed by atoms with Gasteiger partial charge in [0.15, 0.2) is 6.61 Å². The molecule has 0 bridgehead atoms. The van der Waals surface area contributed by atoms with Crippen LogP contribution in [0.5, 0.6) is 0 Å². The van der Waals surface area contributed by atoms with E-state index >= 15 is 0 Å². The van der Waals surface area contributed by atoms with Crippen molar-refractivity contribution in [2.75, 3.05) is 23.4 Å². The second kappa shape index (κ2) is 9.77. The Morgan fingerprint density at radius 3 is 2.65 bits per heavy atom. The number of amides is 2. The molecule has 1 heterocycles. The van der Waals surface area contributed by atoms with Crippen LogP contribution in [0.1, 0.15) is 49.3 Å². The van der Waals surface area contributed by atoms with Crippen LogP contribution in [-0.4, -0.2) is 30.9 Å². The third kappa shape index (κ3) is 5.32. The van der Waals surface area contributed by atoms with Crippen LogP contribution in [0.3, 0.4) is 0 Å². The van der Waals surface area contributed by atoms with Crippen molar-refractivity contribution in [3.05, 3.63) is 59.2 Å². The molecule has 164 valence electrons. The number of para-hydroxylation sites is 1. The van der Waals surface area contributed by atoms with E-state index in [1.54, 1.807) is 4.90 Å². The molecule has 3 rings (SSSR count). The molecule has 1 saturated heterocycles. The van der Waals surface area contributed by atoms with E-state index in [9.17, 15) is 14.4 Å². The van der Waals surface area contributed by atoms with E-state index in [2.05, 4.69) is 19.2 Å². The minimum Gasteiger partial charge on any atom is -0.455 e. The van der Waals surface area contributed by atoms with Gasteiger partial charge in [-0.2, -0.15) is 0 Å². The van der Waals surface area contributed by atoms with Gasteiger partial charge in [-0.05, 0) is 49.4 Å². The molecular formula is C25H30N2O4. The minimum absolute atomic E-state index is 0.0896. The van der Waals surface area contributed by atoms with E-state index in [0.29, 0.717) is 11.6 Å². The fraction of sp³-hybridized carbons (Fsp3) is 0.400. The highest BCUT2D eigenvalue weighted by molar-refractivity contribution is 6.00. The molecule has 2 aromatic rings. The molecule has 31 heavy (non-hydrogen) atoms. The predicted molar refractivity (Wildman–Crippen MR) is 121 cm³/mol. The maximum Gasteiger partial charge on any atom is 0.311 e. The number of carbonyl (C=O) groups excluding carboxylic acids is 3. The van der Waals surface area contributed by atoms with Gasteiger partial charge in [-0.3, -0.25) is 14.4 Å². The van der Waals surface area contributed by atoms with Gasteiger partial charge in [-0.25, -0.2) is 0 Å². The Balaban J connectivity index is 1.59. The average molecular weight is 423 g/mol. The molecule has 1 aliphatic heterocycles. The predicted octanol–water partition coefficient (Wildman–Crippen LogP) is 4.35. The fourth-order valence-corrected chi connectivity index (χ4v) is 3.86. The molecule has 1 fully saturated rings. The lowest BCUT2D eigenvalue weighted by molar-refractivity contribution is -0.151. The second-order valence-corrected chi connectivity index (χ2v) is 8.25. The Labute approximate surface area is 183 Å². The van der Waals surface area contributed by atoms with Crippen LogP contribution in [0.4, 0.5) is 11.4 Å². The van der Waals surface area contributed by atoms with Crippen LogP contribution in [0, 0.1) is 19.8 Å². The number of aryl methyl sites for hydroxylation is 2. The van der Waals surface area contributed by atoms with Crippen molar-refractivity contribution in [1.29, 1.82) is 0 Å². The minimum atomic E-state index is -0.577. The molecule has 6 heteroatoms.